The smallest absolute Gasteiger partial charge is 0.331 e. The van der Waals surface area contributed by atoms with E-state index in [2.05, 4.69) is 15.4 Å². The van der Waals surface area contributed by atoms with Gasteiger partial charge in [-0.25, -0.2) is 18.9 Å². The lowest BCUT2D eigenvalue weighted by molar-refractivity contribution is -0.142. The molecular formula is C19H14ClFN4O3. The van der Waals surface area contributed by atoms with Gasteiger partial charge in [0.15, 0.2) is 6.61 Å². The summed E-state index contributed by atoms with van der Waals surface area (Å²) in [4.78, 5) is 27.7. The summed E-state index contributed by atoms with van der Waals surface area (Å²) in [6.45, 7) is -0.504. The number of ether oxygens (including phenoxy) is 1. The van der Waals surface area contributed by atoms with Crippen LogP contribution in [0.25, 0.3) is 11.8 Å². The second-order valence-corrected chi connectivity index (χ2v) is 5.98. The van der Waals surface area contributed by atoms with Gasteiger partial charge in [0, 0.05) is 11.1 Å². The highest BCUT2D eigenvalue weighted by Crippen LogP contribution is 2.23. The first-order chi connectivity index (χ1) is 13.5. The number of carbonyl (C=O) groups is 2. The van der Waals surface area contributed by atoms with E-state index >= 15 is 0 Å². The number of carbonyl (C=O) groups excluding carboxylic acids is 2. The van der Waals surface area contributed by atoms with Crippen LogP contribution in [0.2, 0.25) is 5.02 Å². The second kappa shape index (κ2) is 8.92. The average molecular weight is 401 g/mol. The van der Waals surface area contributed by atoms with Gasteiger partial charge in [0.1, 0.15) is 18.5 Å². The summed E-state index contributed by atoms with van der Waals surface area (Å²) in [5.74, 6) is -1.71. The first-order valence-corrected chi connectivity index (χ1v) is 8.44. The predicted molar refractivity (Wildman–Crippen MR) is 101 cm³/mol. The normalized spacial score (nSPS) is 10.8. The van der Waals surface area contributed by atoms with Crippen LogP contribution in [0.3, 0.4) is 0 Å². The van der Waals surface area contributed by atoms with Crippen LogP contribution in [0, 0.1) is 5.82 Å². The van der Waals surface area contributed by atoms with Crippen LogP contribution in [0.15, 0.2) is 61.2 Å². The molecule has 0 bridgehead atoms. The van der Waals surface area contributed by atoms with Crippen molar-refractivity contribution in [2.45, 2.75) is 0 Å². The van der Waals surface area contributed by atoms with E-state index in [1.807, 2.05) is 0 Å². The predicted octanol–water partition coefficient (Wildman–Crippen LogP) is 3.25. The van der Waals surface area contributed by atoms with E-state index in [-0.39, 0.29) is 0 Å². The molecular weight excluding hydrogens is 387 g/mol. The van der Waals surface area contributed by atoms with E-state index in [4.69, 9.17) is 16.3 Å². The molecule has 1 N–H and O–H groups in total. The summed E-state index contributed by atoms with van der Waals surface area (Å²) < 4.78 is 19.4. The van der Waals surface area contributed by atoms with Crippen LogP contribution in [-0.4, -0.2) is 33.2 Å². The molecule has 9 heteroatoms. The lowest BCUT2D eigenvalue weighted by Gasteiger charge is -2.11. The molecule has 142 valence electrons. The van der Waals surface area contributed by atoms with Crippen LogP contribution in [-0.2, 0) is 14.3 Å². The van der Waals surface area contributed by atoms with Crippen molar-refractivity contribution in [3.63, 3.8) is 0 Å². The molecule has 1 heterocycles. The van der Waals surface area contributed by atoms with Gasteiger partial charge in [0.25, 0.3) is 5.91 Å². The van der Waals surface area contributed by atoms with Crippen molar-refractivity contribution < 1.29 is 18.7 Å². The van der Waals surface area contributed by atoms with Gasteiger partial charge in [0.2, 0.25) is 0 Å². The number of hydrogen-bond donors (Lipinski definition) is 1. The molecule has 0 aliphatic rings. The molecule has 1 amide bonds. The van der Waals surface area contributed by atoms with E-state index in [9.17, 15) is 14.0 Å². The average Bonchev–Trinajstić information content (AvgIpc) is 3.19. The second-order valence-electron chi connectivity index (χ2n) is 5.55. The van der Waals surface area contributed by atoms with Crippen molar-refractivity contribution in [2.75, 3.05) is 11.9 Å². The molecule has 28 heavy (non-hydrogen) atoms. The van der Waals surface area contributed by atoms with Crippen LogP contribution in [0.5, 0.6) is 0 Å². The van der Waals surface area contributed by atoms with E-state index < -0.39 is 24.3 Å². The summed E-state index contributed by atoms with van der Waals surface area (Å²) >= 11 is 5.98. The van der Waals surface area contributed by atoms with Crippen molar-refractivity contribution in [3.05, 3.63) is 77.6 Å². The highest BCUT2D eigenvalue weighted by molar-refractivity contribution is 6.31. The van der Waals surface area contributed by atoms with E-state index in [1.165, 1.54) is 41.6 Å². The standard InChI is InChI=1S/C19H14ClFN4O3/c20-14-5-6-17(25-12-22-11-23-25)16(9-14)24-18(26)10-28-19(27)7-4-13-2-1-3-15(21)8-13/h1-9,11-12H,10H2,(H,24,26)/b7-4+. The zero-order valence-electron chi connectivity index (χ0n) is 14.4. The number of rotatable bonds is 6. The number of nitrogens with zero attached hydrogens (tertiary/aromatic N) is 3. The van der Waals surface area contributed by atoms with Crippen LogP contribution in [0.4, 0.5) is 10.1 Å². The molecule has 0 unspecified atom stereocenters. The van der Waals surface area contributed by atoms with Gasteiger partial charge < -0.3 is 10.1 Å². The lowest BCUT2D eigenvalue weighted by atomic mass is 10.2. The largest absolute Gasteiger partial charge is 0.452 e. The highest BCUT2D eigenvalue weighted by Gasteiger charge is 2.11. The monoisotopic (exact) mass is 400 g/mol. The Balaban J connectivity index is 1.59. The quantitative estimate of drug-likeness (QED) is 0.507. The Morgan fingerprint density at radius 3 is 2.86 bits per heavy atom. The fraction of sp³-hybridized carbons (Fsp3) is 0.0526. The molecule has 0 radical (unpaired) electrons. The molecule has 0 spiro atoms. The van der Waals surface area contributed by atoms with Gasteiger partial charge >= 0.3 is 5.97 Å². The molecule has 1 aromatic heterocycles. The minimum atomic E-state index is -0.734. The Bertz CT molecular complexity index is 1020. The number of hydrogen-bond acceptors (Lipinski definition) is 5. The Morgan fingerprint density at radius 2 is 2.11 bits per heavy atom. The van der Waals surface area contributed by atoms with Crippen LogP contribution < -0.4 is 5.32 Å². The third-order valence-electron chi connectivity index (χ3n) is 3.50. The van der Waals surface area contributed by atoms with Crippen molar-refractivity contribution >= 4 is 35.2 Å². The zero-order chi connectivity index (χ0) is 19.9. The highest BCUT2D eigenvalue weighted by atomic mass is 35.5. The zero-order valence-corrected chi connectivity index (χ0v) is 15.1. The molecule has 3 aromatic rings. The fourth-order valence-corrected chi connectivity index (χ4v) is 2.46. The van der Waals surface area contributed by atoms with Crippen LogP contribution in [0.1, 0.15) is 5.56 Å². The molecule has 2 aromatic carbocycles. The maximum atomic E-state index is 13.1. The van der Waals surface area contributed by atoms with Crippen molar-refractivity contribution in [1.82, 2.24) is 14.8 Å². The Morgan fingerprint density at radius 1 is 1.25 bits per heavy atom. The molecule has 0 saturated heterocycles. The van der Waals surface area contributed by atoms with Crippen LogP contribution >= 0.6 is 11.6 Å². The maximum absolute atomic E-state index is 13.1. The molecule has 0 aliphatic carbocycles. The SMILES string of the molecule is O=C(COC(=O)/C=C/c1cccc(F)c1)Nc1cc(Cl)ccc1-n1cncn1. The number of amides is 1. The summed E-state index contributed by atoms with van der Waals surface area (Å²) in [5, 5.41) is 7.03. The fourth-order valence-electron chi connectivity index (χ4n) is 2.29. The Kier molecular flexibility index (Phi) is 6.13. The number of halogens is 2. The number of aromatic nitrogens is 3. The number of benzene rings is 2. The van der Waals surface area contributed by atoms with Gasteiger partial charge in [-0.3, -0.25) is 4.79 Å². The summed E-state index contributed by atoms with van der Waals surface area (Å²) in [7, 11) is 0. The number of esters is 1. The summed E-state index contributed by atoms with van der Waals surface area (Å²) in [6.07, 6.45) is 5.33. The van der Waals surface area contributed by atoms with Gasteiger partial charge in [-0.1, -0.05) is 23.7 Å². The Labute approximate surface area is 164 Å². The van der Waals surface area contributed by atoms with E-state index in [0.29, 0.717) is 22.0 Å². The summed E-state index contributed by atoms with van der Waals surface area (Å²) in [5.41, 5.74) is 1.43. The van der Waals surface area contributed by atoms with Gasteiger partial charge in [-0.05, 0) is 42.0 Å². The molecule has 0 fully saturated rings. The first kappa shape index (κ1) is 19.2. The molecule has 0 saturated carbocycles. The van der Waals surface area contributed by atoms with Crippen molar-refractivity contribution in [1.29, 1.82) is 0 Å². The Hall–Kier alpha value is -3.52. The van der Waals surface area contributed by atoms with Crippen molar-refractivity contribution in [3.8, 4) is 5.69 Å². The molecule has 3 rings (SSSR count). The van der Waals surface area contributed by atoms with Crippen molar-refractivity contribution in [2.24, 2.45) is 0 Å². The number of nitrogens with one attached hydrogen (secondary N) is 1. The van der Waals surface area contributed by atoms with E-state index in [1.54, 1.807) is 24.3 Å². The summed E-state index contributed by atoms with van der Waals surface area (Å²) in [6, 6.07) is 10.6. The lowest BCUT2D eigenvalue weighted by Crippen LogP contribution is -2.21. The molecule has 0 aliphatic heterocycles. The first-order valence-electron chi connectivity index (χ1n) is 8.06. The van der Waals surface area contributed by atoms with Gasteiger partial charge in [-0.15, -0.1) is 0 Å². The topological polar surface area (TPSA) is 86.1 Å². The minimum Gasteiger partial charge on any atom is -0.452 e. The van der Waals surface area contributed by atoms with E-state index in [0.717, 1.165) is 6.08 Å². The number of anilines is 1. The third kappa shape index (κ3) is 5.24. The minimum absolute atomic E-state index is 0.384. The molecule has 7 nitrogen and oxygen atoms in total. The maximum Gasteiger partial charge on any atom is 0.331 e. The van der Waals surface area contributed by atoms with Gasteiger partial charge in [-0.2, -0.15) is 5.10 Å². The van der Waals surface area contributed by atoms with Gasteiger partial charge in [0.05, 0.1) is 11.4 Å². The molecule has 0 atom stereocenters. The third-order valence-corrected chi connectivity index (χ3v) is 3.74.